The van der Waals surface area contributed by atoms with Crippen LogP contribution in [0.2, 0.25) is 0 Å². The lowest BCUT2D eigenvalue weighted by atomic mass is 9.86. The molecular formula is C12H20N2O3. The summed E-state index contributed by atoms with van der Waals surface area (Å²) in [5.74, 6) is 0.188. The average Bonchev–Trinajstić information content (AvgIpc) is 2.49. The zero-order chi connectivity index (χ0) is 12.6. The molecule has 2 aliphatic rings. The lowest BCUT2D eigenvalue weighted by Crippen LogP contribution is -2.58. The highest BCUT2D eigenvalue weighted by Gasteiger charge is 2.56. The minimum atomic E-state index is -0.796. The van der Waals surface area contributed by atoms with Gasteiger partial charge in [-0.25, -0.2) is 4.79 Å². The summed E-state index contributed by atoms with van der Waals surface area (Å²) in [7, 11) is 3.44. The van der Waals surface area contributed by atoms with Gasteiger partial charge >= 0.3 is 5.97 Å². The first-order valence-electron chi connectivity index (χ1n) is 6.03. The van der Waals surface area contributed by atoms with Crippen LogP contribution in [0, 0.1) is 11.8 Å². The molecule has 0 unspecified atom stereocenters. The number of rotatable bonds is 2. The van der Waals surface area contributed by atoms with Crippen LogP contribution in [0.3, 0.4) is 0 Å². The SMILES string of the molecule is COC(=O)[C@@]1(NC(C)=O)C[C@H]2C[C@@H]1CN(C)C2. The topological polar surface area (TPSA) is 58.6 Å². The Morgan fingerprint density at radius 1 is 1.41 bits per heavy atom. The van der Waals surface area contributed by atoms with E-state index in [1.54, 1.807) is 0 Å². The molecule has 96 valence electrons. The summed E-state index contributed by atoms with van der Waals surface area (Å²) < 4.78 is 4.91. The van der Waals surface area contributed by atoms with E-state index in [1.165, 1.54) is 14.0 Å². The summed E-state index contributed by atoms with van der Waals surface area (Å²) in [6.45, 7) is 3.29. The summed E-state index contributed by atoms with van der Waals surface area (Å²) in [4.78, 5) is 25.7. The number of piperidine rings is 1. The molecular weight excluding hydrogens is 220 g/mol. The lowest BCUT2D eigenvalue weighted by molar-refractivity contribution is -0.152. The fourth-order valence-electron chi connectivity index (χ4n) is 3.52. The van der Waals surface area contributed by atoms with Crippen LogP contribution in [-0.4, -0.2) is 49.6 Å². The smallest absolute Gasteiger partial charge is 0.331 e. The van der Waals surface area contributed by atoms with E-state index < -0.39 is 5.54 Å². The number of hydrogen-bond donors (Lipinski definition) is 1. The van der Waals surface area contributed by atoms with Crippen molar-refractivity contribution < 1.29 is 14.3 Å². The van der Waals surface area contributed by atoms with E-state index in [0.29, 0.717) is 12.3 Å². The third kappa shape index (κ3) is 2.04. The summed E-state index contributed by atoms with van der Waals surface area (Å²) in [6, 6.07) is 0. The van der Waals surface area contributed by atoms with Gasteiger partial charge in [-0.3, -0.25) is 4.79 Å². The van der Waals surface area contributed by atoms with Crippen LogP contribution >= 0.6 is 0 Å². The number of fused-ring (bicyclic) bond motifs is 2. The Hall–Kier alpha value is -1.10. The number of likely N-dealkylation sites (tertiary alicyclic amines) is 1. The third-order valence-electron chi connectivity index (χ3n) is 3.98. The summed E-state index contributed by atoms with van der Waals surface area (Å²) in [5, 5.41) is 2.86. The highest BCUT2D eigenvalue weighted by molar-refractivity contribution is 5.88. The molecule has 5 heteroatoms. The molecule has 0 radical (unpaired) electrons. The Balaban J connectivity index is 2.28. The van der Waals surface area contributed by atoms with Crippen LogP contribution in [0.25, 0.3) is 0 Å². The zero-order valence-electron chi connectivity index (χ0n) is 10.7. The van der Waals surface area contributed by atoms with Gasteiger partial charge in [0.25, 0.3) is 0 Å². The number of carbonyl (C=O) groups is 2. The highest BCUT2D eigenvalue weighted by atomic mass is 16.5. The minimum absolute atomic E-state index is 0.161. The van der Waals surface area contributed by atoms with Crippen molar-refractivity contribution in [3.05, 3.63) is 0 Å². The molecule has 3 atom stereocenters. The van der Waals surface area contributed by atoms with E-state index in [-0.39, 0.29) is 17.8 Å². The lowest BCUT2D eigenvalue weighted by Gasteiger charge is -2.35. The summed E-state index contributed by atoms with van der Waals surface area (Å²) in [5.41, 5.74) is -0.796. The quantitative estimate of drug-likeness (QED) is 0.691. The molecule has 1 amide bonds. The molecule has 2 fully saturated rings. The number of ether oxygens (including phenoxy) is 1. The molecule has 0 spiro atoms. The predicted molar refractivity (Wildman–Crippen MR) is 62.3 cm³/mol. The Bertz CT molecular complexity index is 345. The van der Waals surface area contributed by atoms with Crippen molar-refractivity contribution in [2.75, 3.05) is 27.2 Å². The zero-order valence-corrected chi connectivity index (χ0v) is 10.7. The molecule has 0 aromatic carbocycles. The van der Waals surface area contributed by atoms with Gasteiger partial charge in [-0.05, 0) is 25.8 Å². The maximum absolute atomic E-state index is 12.1. The van der Waals surface area contributed by atoms with Crippen molar-refractivity contribution in [1.29, 1.82) is 0 Å². The molecule has 5 nitrogen and oxygen atoms in total. The Morgan fingerprint density at radius 2 is 2.12 bits per heavy atom. The second kappa shape index (κ2) is 4.29. The molecule has 1 aliphatic carbocycles. The molecule has 0 aromatic rings. The summed E-state index contributed by atoms with van der Waals surface area (Å²) >= 11 is 0. The van der Waals surface area contributed by atoms with E-state index in [0.717, 1.165) is 19.5 Å². The van der Waals surface area contributed by atoms with Gasteiger partial charge in [0.1, 0.15) is 5.54 Å². The normalized spacial score (nSPS) is 36.6. The number of nitrogens with one attached hydrogen (secondary N) is 1. The predicted octanol–water partition coefficient (Wildman–Crippen LogP) is 0.00590. The molecule has 1 N–H and O–H groups in total. The van der Waals surface area contributed by atoms with E-state index >= 15 is 0 Å². The third-order valence-corrected chi connectivity index (χ3v) is 3.98. The monoisotopic (exact) mass is 240 g/mol. The van der Waals surface area contributed by atoms with Gasteiger partial charge in [0.05, 0.1) is 7.11 Å². The van der Waals surface area contributed by atoms with Crippen molar-refractivity contribution in [1.82, 2.24) is 10.2 Å². The number of methoxy groups -OCH3 is 1. The molecule has 1 saturated carbocycles. The van der Waals surface area contributed by atoms with Gasteiger partial charge in [-0.1, -0.05) is 0 Å². The van der Waals surface area contributed by atoms with Gasteiger partial charge in [0.15, 0.2) is 0 Å². The first-order chi connectivity index (χ1) is 7.98. The maximum Gasteiger partial charge on any atom is 0.331 e. The molecule has 2 rings (SSSR count). The van der Waals surface area contributed by atoms with Crippen LogP contribution in [0.4, 0.5) is 0 Å². The van der Waals surface area contributed by atoms with E-state index in [9.17, 15) is 9.59 Å². The fraction of sp³-hybridized carbons (Fsp3) is 0.833. The van der Waals surface area contributed by atoms with Crippen LogP contribution in [-0.2, 0) is 14.3 Å². The van der Waals surface area contributed by atoms with Gasteiger partial charge in [0, 0.05) is 25.9 Å². The molecule has 1 saturated heterocycles. The second-order valence-electron chi connectivity index (χ2n) is 5.37. The first-order valence-corrected chi connectivity index (χ1v) is 6.03. The van der Waals surface area contributed by atoms with Crippen LogP contribution < -0.4 is 5.32 Å². The number of amides is 1. The van der Waals surface area contributed by atoms with E-state index in [1.807, 2.05) is 0 Å². The number of esters is 1. The van der Waals surface area contributed by atoms with Crippen LogP contribution in [0.1, 0.15) is 19.8 Å². The van der Waals surface area contributed by atoms with Crippen molar-refractivity contribution >= 4 is 11.9 Å². The fourth-order valence-corrected chi connectivity index (χ4v) is 3.52. The van der Waals surface area contributed by atoms with Crippen molar-refractivity contribution in [2.45, 2.75) is 25.3 Å². The minimum Gasteiger partial charge on any atom is -0.467 e. The highest BCUT2D eigenvalue weighted by Crippen LogP contribution is 2.44. The molecule has 1 heterocycles. The van der Waals surface area contributed by atoms with E-state index in [4.69, 9.17) is 4.74 Å². The Labute approximate surface area is 101 Å². The van der Waals surface area contributed by atoms with Gasteiger partial charge in [-0.15, -0.1) is 0 Å². The molecule has 1 aliphatic heterocycles. The number of carbonyl (C=O) groups excluding carboxylic acids is 2. The van der Waals surface area contributed by atoms with Crippen LogP contribution in [0.15, 0.2) is 0 Å². The Morgan fingerprint density at radius 3 is 2.71 bits per heavy atom. The first kappa shape index (κ1) is 12.4. The largest absolute Gasteiger partial charge is 0.467 e. The van der Waals surface area contributed by atoms with Gasteiger partial charge in [-0.2, -0.15) is 0 Å². The van der Waals surface area contributed by atoms with Gasteiger partial charge < -0.3 is 15.0 Å². The number of nitrogens with zero attached hydrogens (tertiary/aromatic N) is 1. The average molecular weight is 240 g/mol. The van der Waals surface area contributed by atoms with E-state index in [2.05, 4.69) is 17.3 Å². The van der Waals surface area contributed by atoms with Crippen LogP contribution in [0.5, 0.6) is 0 Å². The summed E-state index contributed by atoms with van der Waals surface area (Å²) in [6.07, 6.45) is 1.70. The number of hydrogen-bond acceptors (Lipinski definition) is 4. The van der Waals surface area contributed by atoms with Gasteiger partial charge in [0.2, 0.25) is 5.91 Å². The van der Waals surface area contributed by atoms with Crippen molar-refractivity contribution in [2.24, 2.45) is 11.8 Å². The Kier molecular flexibility index (Phi) is 3.12. The molecule has 2 bridgehead atoms. The standard InChI is InChI=1S/C12H20N2O3/c1-8(15)13-12(11(16)17-3)5-9-4-10(12)7-14(2)6-9/h9-10H,4-7H2,1-3H3,(H,13,15)/t9-,10-,12-/m1/s1. The van der Waals surface area contributed by atoms with Crippen molar-refractivity contribution in [3.63, 3.8) is 0 Å². The molecule has 0 aromatic heterocycles. The second-order valence-corrected chi connectivity index (χ2v) is 5.37. The maximum atomic E-state index is 12.1. The molecule has 17 heavy (non-hydrogen) atoms. The van der Waals surface area contributed by atoms with Crippen molar-refractivity contribution in [3.8, 4) is 0 Å².